The van der Waals surface area contributed by atoms with Gasteiger partial charge in [0.15, 0.2) is 11.5 Å². The second kappa shape index (κ2) is 5.08. The molecule has 2 rings (SSSR count). The molecule has 4 heteroatoms. The van der Waals surface area contributed by atoms with Gasteiger partial charge in [0.05, 0.1) is 0 Å². The second-order valence-electron chi connectivity index (χ2n) is 4.12. The largest absolute Gasteiger partial charge is 0.486 e. The number of fused-ring (bicyclic) bond motifs is 1. The van der Waals surface area contributed by atoms with Crippen LogP contribution in [0.4, 0.5) is 0 Å². The van der Waals surface area contributed by atoms with Crippen molar-refractivity contribution in [2.24, 2.45) is 0 Å². The zero-order valence-corrected chi connectivity index (χ0v) is 9.86. The number of hydrogen-bond donors (Lipinski definition) is 1. The number of rotatable bonds is 4. The van der Waals surface area contributed by atoms with Gasteiger partial charge in [0.1, 0.15) is 13.2 Å². The van der Waals surface area contributed by atoms with Crippen LogP contribution >= 0.6 is 0 Å². The summed E-state index contributed by atoms with van der Waals surface area (Å²) in [5.41, 5.74) is 2.20. The topological polar surface area (TPSA) is 55.8 Å². The molecule has 0 aromatic heterocycles. The van der Waals surface area contributed by atoms with E-state index < -0.39 is 5.97 Å². The molecule has 0 bridgehead atoms. The van der Waals surface area contributed by atoms with Crippen molar-refractivity contribution in [1.29, 1.82) is 0 Å². The standard InChI is InChI=1S/C13H16O4/c1-9-10(3-2-4-12(14)15)5-6-11-13(9)17-8-7-16-11/h5-6H,2-4,7-8H2,1H3,(H,14,15). The summed E-state index contributed by atoms with van der Waals surface area (Å²) in [5.74, 6) is 0.847. The summed E-state index contributed by atoms with van der Waals surface area (Å²) in [7, 11) is 0. The van der Waals surface area contributed by atoms with E-state index in [2.05, 4.69) is 0 Å². The number of carboxylic acids is 1. The number of carbonyl (C=O) groups is 1. The third-order valence-corrected chi connectivity index (χ3v) is 2.91. The van der Waals surface area contributed by atoms with Gasteiger partial charge in [-0.2, -0.15) is 0 Å². The van der Waals surface area contributed by atoms with Crippen molar-refractivity contribution < 1.29 is 19.4 Å². The number of benzene rings is 1. The Morgan fingerprint density at radius 1 is 1.35 bits per heavy atom. The third-order valence-electron chi connectivity index (χ3n) is 2.91. The predicted molar refractivity (Wildman–Crippen MR) is 62.7 cm³/mol. The zero-order chi connectivity index (χ0) is 12.3. The Morgan fingerprint density at radius 3 is 2.88 bits per heavy atom. The fourth-order valence-corrected chi connectivity index (χ4v) is 2.00. The molecule has 92 valence electrons. The minimum Gasteiger partial charge on any atom is -0.486 e. The molecule has 1 N–H and O–H groups in total. The molecule has 0 fully saturated rings. The van der Waals surface area contributed by atoms with Crippen LogP contribution in [0.25, 0.3) is 0 Å². The van der Waals surface area contributed by atoms with Crippen molar-refractivity contribution in [3.05, 3.63) is 23.3 Å². The molecule has 0 amide bonds. The maximum atomic E-state index is 10.5. The van der Waals surface area contributed by atoms with E-state index in [1.54, 1.807) is 0 Å². The number of aliphatic carboxylic acids is 1. The van der Waals surface area contributed by atoms with Gasteiger partial charge in [-0.05, 0) is 37.0 Å². The summed E-state index contributed by atoms with van der Waals surface area (Å²) >= 11 is 0. The van der Waals surface area contributed by atoms with Crippen LogP contribution in [0, 0.1) is 6.92 Å². The van der Waals surface area contributed by atoms with E-state index in [0.717, 1.165) is 29.0 Å². The average Bonchev–Trinajstić information content (AvgIpc) is 2.32. The van der Waals surface area contributed by atoms with E-state index in [9.17, 15) is 4.79 Å². The number of carboxylic acid groups (broad SMARTS) is 1. The maximum Gasteiger partial charge on any atom is 0.303 e. The third kappa shape index (κ3) is 2.70. The van der Waals surface area contributed by atoms with Gasteiger partial charge in [0.2, 0.25) is 0 Å². The predicted octanol–water partition coefficient (Wildman–Crippen LogP) is 2.17. The van der Waals surface area contributed by atoms with Crippen LogP contribution in [0.15, 0.2) is 12.1 Å². The molecule has 1 aromatic carbocycles. The highest BCUT2D eigenvalue weighted by Gasteiger charge is 2.16. The lowest BCUT2D eigenvalue weighted by Gasteiger charge is -2.21. The lowest BCUT2D eigenvalue weighted by atomic mass is 10.0. The van der Waals surface area contributed by atoms with Crippen LogP contribution in [0.3, 0.4) is 0 Å². The van der Waals surface area contributed by atoms with Gasteiger partial charge in [-0.1, -0.05) is 6.07 Å². The molecule has 0 unspecified atom stereocenters. The van der Waals surface area contributed by atoms with Crippen molar-refractivity contribution in [1.82, 2.24) is 0 Å². The summed E-state index contributed by atoms with van der Waals surface area (Å²) in [6.45, 7) is 3.15. The lowest BCUT2D eigenvalue weighted by molar-refractivity contribution is -0.137. The SMILES string of the molecule is Cc1c(CCCC(=O)O)ccc2c1OCCO2. The molecule has 4 nitrogen and oxygen atoms in total. The van der Waals surface area contributed by atoms with E-state index in [1.165, 1.54) is 0 Å². The Labute approximate surface area is 100 Å². The average molecular weight is 236 g/mol. The lowest BCUT2D eigenvalue weighted by Crippen LogP contribution is -2.16. The second-order valence-corrected chi connectivity index (χ2v) is 4.12. The van der Waals surface area contributed by atoms with E-state index in [0.29, 0.717) is 19.6 Å². The van der Waals surface area contributed by atoms with E-state index in [1.807, 2.05) is 19.1 Å². The minimum atomic E-state index is -0.750. The van der Waals surface area contributed by atoms with Crippen LogP contribution in [-0.2, 0) is 11.2 Å². The number of hydrogen-bond acceptors (Lipinski definition) is 3. The summed E-state index contributed by atoms with van der Waals surface area (Å²) in [6, 6.07) is 3.89. The van der Waals surface area contributed by atoms with Gasteiger partial charge in [-0.3, -0.25) is 4.79 Å². The normalized spacial score (nSPS) is 13.5. The molecule has 17 heavy (non-hydrogen) atoms. The number of ether oxygens (including phenoxy) is 2. The molecule has 1 aliphatic rings. The van der Waals surface area contributed by atoms with Crippen molar-refractivity contribution in [3.63, 3.8) is 0 Å². The van der Waals surface area contributed by atoms with Gasteiger partial charge < -0.3 is 14.6 Å². The Balaban J connectivity index is 2.10. The fourth-order valence-electron chi connectivity index (χ4n) is 2.00. The quantitative estimate of drug-likeness (QED) is 0.870. The van der Waals surface area contributed by atoms with Gasteiger partial charge >= 0.3 is 5.97 Å². The van der Waals surface area contributed by atoms with Crippen molar-refractivity contribution in [2.75, 3.05) is 13.2 Å². The smallest absolute Gasteiger partial charge is 0.303 e. The van der Waals surface area contributed by atoms with Crippen LogP contribution in [0.2, 0.25) is 0 Å². The van der Waals surface area contributed by atoms with Gasteiger partial charge in [-0.25, -0.2) is 0 Å². The first-order valence-corrected chi connectivity index (χ1v) is 5.78. The zero-order valence-electron chi connectivity index (χ0n) is 9.86. The van der Waals surface area contributed by atoms with Gasteiger partial charge in [0, 0.05) is 6.42 Å². The van der Waals surface area contributed by atoms with E-state index in [4.69, 9.17) is 14.6 Å². The highest BCUT2D eigenvalue weighted by Crippen LogP contribution is 2.35. The van der Waals surface area contributed by atoms with Crippen molar-refractivity contribution in [3.8, 4) is 11.5 Å². The first kappa shape index (κ1) is 11.8. The Hall–Kier alpha value is -1.71. The van der Waals surface area contributed by atoms with Crippen molar-refractivity contribution >= 4 is 5.97 Å². The highest BCUT2D eigenvalue weighted by molar-refractivity contribution is 5.66. The summed E-state index contributed by atoms with van der Waals surface area (Å²) < 4.78 is 11.1. The fraction of sp³-hybridized carbons (Fsp3) is 0.462. The Bertz CT molecular complexity index is 426. The first-order chi connectivity index (χ1) is 8.18. The first-order valence-electron chi connectivity index (χ1n) is 5.78. The molecule has 0 atom stereocenters. The van der Waals surface area contributed by atoms with E-state index in [-0.39, 0.29) is 6.42 Å². The summed E-state index contributed by atoms with van der Waals surface area (Å²) in [5, 5.41) is 8.61. The van der Waals surface area contributed by atoms with Gasteiger partial charge in [-0.15, -0.1) is 0 Å². The molecule has 0 spiro atoms. The molecular weight excluding hydrogens is 220 g/mol. The minimum absolute atomic E-state index is 0.202. The molecule has 0 aliphatic carbocycles. The molecule has 1 aliphatic heterocycles. The molecular formula is C13H16O4. The number of aryl methyl sites for hydroxylation is 1. The molecule has 1 heterocycles. The Kier molecular flexibility index (Phi) is 3.52. The van der Waals surface area contributed by atoms with Crippen LogP contribution < -0.4 is 9.47 Å². The van der Waals surface area contributed by atoms with Crippen LogP contribution in [-0.4, -0.2) is 24.3 Å². The molecule has 0 saturated heterocycles. The molecule has 0 saturated carbocycles. The summed E-state index contributed by atoms with van der Waals surface area (Å²) in [6.07, 6.45) is 1.61. The summed E-state index contributed by atoms with van der Waals surface area (Å²) in [4.78, 5) is 10.5. The highest BCUT2D eigenvalue weighted by atomic mass is 16.6. The van der Waals surface area contributed by atoms with Crippen LogP contribution in [0.5, 0.6) is 11.5 Å². The van der Waals surface area contributed by atoms with Crippen LogP contribution in [0.1, 0.15) is 24.0 Å². The van der Waals surface area contributed by atoms with E-state index >= 15 is 0 Å². The monoisotopic (exact) mass is 236 g/mol. The van der Waals surface area contributed by atoms with Crippen molar-refractivity contribution in [2.45, 2.75) is 26.2 Å². The molecule has 0 radical (unpaired) electrons. The Morgan fingerprint density at radius 2 is 2.12 bits per heavy atom. The molecule has 1 aromatic rings. The maximum absolute atomic E-state index is 10.5. The van der Waals surface area contributed by atoms with Gasteiger partial charge in [0.25, 0.3) is 0 Å².